The first-order chi connectivity index (χ1) is 14.6. The van der Waals surface area contributed by atoms with Crippen molar-refractivity contribution in [2.24, 2.45) is 11.3 Å². The summed E-state index contributed by atoms with van der Waals surface area (Å²) in [4.78, 5) is 12.9. The Bertz CT molecular complexity index is 1110. The molecule has 4 rings (SSSR count). The fourth-order valence-electron chi connectivity index (χ4n) is 3.90. The Hall–Kier alpha value is -2.19. The third-order valence-electron chi connectivity index (χ3n) is 5.81. The second-order valence-corrected chi connectivity index (χ2v) is 10.2. The van der Waals surface area contributed by atoms with Crippen LogP contribution in [0.3, 0.4) is 0 Å². The molecule has 2 heterocycles. The highest BCUT2D eigenvalue weighted by molar-refractivity contribution is 9.10. The molecule has 0 aliphatic heterocycles. The number of carbonyl (C=O) groups excluding carboxylic acids is 1. The van der Waals surface area contributed by atoms with E-state index in [4.69, 9.17) is 16.1 Å². The van der Waals surface area contributed by atoms with Crippen molar-refractivity contribution in [1.82, 2.24) is 14.9 Å². The fourth-order valence-corrected chi connectivity index (χ4v) is 4.53. The third-order valence-corrected chi connectivity index (χ3v) is 6.74. The van der Waals surface area contributed by atoms with Crippen LogP contribution in [0.2, 0.25) is 5.02 Å². The summed E-state index contributed by atoms with van der Waals surface area (Å²) in [5.74, 6) is 0.756. The first kappa shape index (κ1) is 22.0. The van der Waals surface area contributed by atoms with Crippen LogP contribution in [-0.4, -0.2) is 20.8 Å². The van der Waals surface area contributed by atoms with Gasteiger partial charge in [-0.2, -0.15) is 5.10 Å². The quantitative estimate of drug-likeness (QED) is 0.477. The number of aryl methyl sites for hydroxylation is 1. The van der Waals surface area contributed by atoms with E-state index < -0.39 is 5.82 Å². The van der Waals surface area contributed by atoms with Crippen LogP contribution in [0.25, 0.3) is 0 Å². The fraction of sp³-hybridized carbons (Fsp3) is 0.409. The number of nitrogens with one attached hydrogen (secondary N) is 1. The van der Waals surface area contributed by atoms with Crippen LogP contribution in [0.4, 0.5) is 10.2 Å². The van der Waals surface area contributed by atoms with Gasteiger partial charge in [0.25, 0.3) is 5.91 Å². The van der Waals surface area contributed by atoms with Gasteiger partial charge in [-0.05, 0) is 52.2 Å². The van der Waals surface area contributed by atoms with E-state index >= 15 is 0 Å². The summed E-state index contributed by atoms with van der Waals surface area (Å²) in [5.41, 5.74) is 1.63. The summed E-state index contributed by atoms with van der Waals surface area (Å²) in [6, 6.07) is 4.52. The lowest BCUT2D eigenvalue weighted by Crippen LogP contribution is -2.27. The van der Waals surface area contributed by atoms with Crippen LogP contribution >= 0.6 is 27.5 Å². The zero-order valence-electron chi connectivity index (χ0n) is 17.5. The molecule has 1 aliphatic rings. The molecule has 2 aromatic heterocycles. The lowest BCUT2D eigenvalue weighted by atomic mass is 9.71. The number of anilines is 1. The van der Waals surface area contributed by atoms with E-state index in [-0.39, 0.29) is 17.9 Å². The molecule has 6 nitrogen and oxygen atoms in total. The van der Waals surface area contributed by atoms with Crippen LogP contribution in [0.5, 0.6) is 0 Å². The van der Waals surface area contributed by atoms with Crippen molar-refractivity contribution in [1.29, 1.82) is 0 Å². The predicted octanol–water partition coefficient (Wildman–Crippen LogP) is 5.88. The summed E-state index contributed by atoms with van der Waals surface area (Å²) in [7, 11) is 0. The van der Waals surface area contributed by atoms with E-state index in [0.29, 0.717) is 32.5 Å². The van der Waals surface area contributed by atoms with Gasteiger partial charge in [-0.1, -0.05) is 43.6 Å². The smallest absolute Gasteiger partial charge is 0.279 e. The number of hydrogen-bond donors (Lipinski definition) is 1. The van der Waals surface area contributed by atoms with Gasteiger partial charge in [0.15, 0.2) is 11.5 Å². The van der Waals surface area contributed by atoms with Crippen molar-refractivity contribution in [2.45, 2.75) is 46.6 Å². The Morgan fingerprint density at radius 2 is 2.19 bits per heavy atom. The molecule has 1 aromatic carbocycles. The second kappa shape index (κ2) is 8.39. The normalized spacial score (nSPS) is 16.3. The molecule has 1 unspecified atom stereocenters. The largest absolute Gasteiger partial charge is 0.360 e. The highest BCUT2D eigenvalue weighted by atomic mass is 79.9. The van der Waals surface area contributed by atoms with E-state index in [1.54, 1.807) is 18.3 Å². The first-order valence-corrected chi connectivity index (χ1v) is 11.2. The van der Waals surface area contributed by atoms with Crippen LogP contribution in [0.1, 0.15) is 54.6 Å². The number of nitrogens with zero attached hydrogens (tertiary/aromatic N) is 3. The third kappa shape index (κ3) is 4.55. The number of carbonyl (C=O) groups is 1. The molecule has 0 saturated heterocycles. The van der Waals surface area contributed by atoms with Gasteiger partial charge in [0.2, 0.25) is 0 Å². The molecule has 31 heavy (non-hydrogen) atoms. The standard InChI is InChI=1S/C22H23BrClFN4O2/c1-22(2,3)12-7-8-18-13(9-12)19(28-31-18)21(30)26-20-15(23)11-29(27-20)10-14-16(24)5-4-6-17(14)25/h4-6,11-12H,7-10H2,1-3H3,(H,26,27,30). The van der Waals surface area contributed by atoms with Gasteiger partial charge >= 0.3 is 0 Å². The molecule has 3 aromatic rings. The first-order valence-electron chi connectivity index (χ1n) is 10.1. The summed E-state index contributed by atoms with van der Waals surface area (Å²) in [6.45, 7) is 6.76. The Labute approximate surface area is 193 Å². The van der Waals surface area contributed by atoms with Crippen LogP contribution in [0, 0.1) is 17.2 Å². The molecule has 9 heteroatoms. The van der Waals surface area contributed by atoms with Crippen molar-refractivity contribution < 1.29 is 13.7 Å². The van der Waals surface area contributed by atoms with E-state index in [0.717, 1.165) is 30.6 Å². The topological polar surface area (TPSA) is 73.0 Å². The summed E-state index contributed by atoms with van der Waals surface area (Å²) < 4.78 is 21.6. The van der Waals surface area contributed by atoms with Gasteiger partial charge in [-0.25, -0.2) is 4.39 Å². The van der Waals surface area contributed by atoms with Crippen molar-refractivity contribution in [3.8, 4) is 0 Å². The summed E-state index contributed by atoms with van der Waals surface area (Å²) in [6.07, 6.45) is 4.21. The molecule has 0 fully saturated rings. The number of benzene rings is 1. The maximum atomic E-state index is 14.1. The molecular weight excluding hydrogens is 487 g/mol. The molecule has 0 spiro atoms. The zero-order chi connectivity index (χ0) is 22.3. The van der Waals surface area contributed by atoms with E-state index in [2.05, 4.69) is 52.3 Å². The lowest BCUT2D eigenvalue weighted by molar-refractivity contribution is 0.101. The number of rotatable bonds is 4. The number of amides is 1. The second-order valence-electron chi connectivity index (χ2n) is 8.92. The van der Waals surface area contributed by atoms with E-state index in [1.807, 2.05) is 0 Å². The Kier molecular flexibility index (Phi) is 5.96. The number of aromatic nitrogens is 3. The molecule has 0 saturated carbocycles. The van der Waals surface area contributed by atoms with Crippen molar-refractivity contribution in [2.75, 3.05) is 5.32 Å². The van der Waals surface area contributed by atoms with Crippen LogP contribution in [-0.2, 0) is 19.4 Å². The molecule has 1 N–H and O–H groups in total. The number of hydrogen-bond acceptors (Lipinski definition) is 4. The minimum Gasteiger partial charge on any atom is -0.360 e. The minimum atomic E-state index is -0.410. The Morgan fingerprint density at radius 1 is 1.42 bits per heavy atom. The van der Waals surface area contributed by atoms with Gasteiger partial charge < -0.3 is 9.84 Å². The maximum Gasteiger partial charge on any atom is 0.279 e. The summed E-state index contributed by atoms with van der Waals surface area (Å²) in [5, 5.41) is 11.5. The monoisotopic (exact) mass is 508 g/mol. The van der Waals surface area contributed by atoms with Gasteiger partial charge in [0.1, 0.15) is 11.6 Å². The van der Waals surface area contributed by atoms with Crippen molar-refractivity contribution in [3.63, 3.8) is 0 Å². The molecular formula is C22H23BrClFN4O2. The average molecular weight is 510 g/mol. The predicted molar refractivity (Wildman–Crippen MR) is 120 cm³/mol. The van der Waals surface area contributed by atoms with Gasteiger partial charge in [-0.15, -0.1) is 0 Å². The van der Waals surface area contributed by atoms with Gasteiger partial charge in [0, 0.05) is 28.8 Å². The van der Waals surface area contributed by atoms with Crippen molar-refractivity contribution in [3.05, 3.63) is 62.3 Å². The van der Waals surface area contributed by atoms with Gasteiger partial charge in [-0.3, -0.25) is 9.48 Å². The average Bonchev–Trinajstić information content (AvgIpc) is 3.27. The molecule has 0 bridgehead atoms. The number of halogens is 3. The van der Waals surface area contributed by atoms with Crippen LogP contribution < -0.4 is 5.32 Å². The maximum absolute atomic E-state index is 14.1. The lowest BCUT2D eigenvalue weighted by Gasteiger charge is -2.33. The molecule has 1 aliphatic carbocycles. The highest BCUT2D eigenvalue weighted by Gasteiger charge is 2.34. The number of fused-ring (bicyclic) bond motifs is 1. The van der Waals surface area contributed by atoms with E-state index in [1.165, 1.54) is 10.7 Å². The zero-order valence-corrected chi connectivity index (χ0v) is 19.8. The minimum absolute atomic E-state index is 0.132. The van der Waals surface area contributed by atoms with Crippen molar-refractivity contribution >= 4 is 39.3 Å². The highest BCUT2D eigenvalue weighted by Crippen LogP contribution is 2.38. The SMILES string of the molecule is CC(C)(C)C1CCc2onc(C(=O)Nc3nn(Cc4c(F)cccc4Cl)cc3Br)c2C1. The van der Waals surface area contributed by atoms with Gasteiger partial charge in [0.05, 0.1) is 11.0 Å². The van der Waals surface area contributed by atoms with E-state index in [9.17, 15) is 9.18 Å². The molecule has 1 atom stereocenters. The molecule has 1 amide bonds. The molecule has 0 radical (unpaired) electrons. The molecule has 164 valence electrons. The van der Waals surface area contributed by atoms with Crippen LogP contribution in [0.15, 0.2) is 33.4 Å². The summed E-state index contributed by atoms with van der Waals surface area (Å²) >= 11 is 9.51. The Balaban J connectivity index is 1.53. The Morgan fingerprint density at radius 3 is 2.90 bits per heavy atom.